The average molecular weight is 300 g/mol. The van der Waals surface area contributed by atoms with Crippen molar-refractivity contribution in [3.63, 3.8) is 0 Å². The van der Waals surface area contributed by atoms with E-state index in [1.807, 2.05) is 6.92 Å². The Bertz CT molecular complexity index is 665. The number of sulfone groups is 1. The van der Waals surface area contributed by atoms with Crippen LogP contribution in [0.1, 0.15) is 13.3 Å². The summed E-state index contributed by atoms with van der Waals surface area (Å²) in [4.78, 5) is 4.14. The molecule has 0 aliphatic rings. The van der Waals surface area contributed by atoms with Gasteiger partial charge in [0.05, 0.1) is 22.6 Å². The molecule has 0 aliphatic carbocycles. The number of hydrogen-bond donors (Lipinski definition) is 1. The highest BCUT2D eigenvalue weighted by molar-refractivity contribution is 7.93. The predicted octanol–water partition coefficient (Wildman–Crippen LogP) is 2.08. The van der Waals surface area contributed by atoms with E-state index in [4.69, 9.17) is 10.5 Å². The molecule has 1 aromatic carbocycles. The quantitative estimate of drug-likeness (QED) is 0.652. The van der Waals surface area contributed by atoms with E-state index in [1.54, 1.807) is 18.2 Å². The van der Waals surface area contributed by atoms with Crippen LogP contribution in [0.15, 0.2) is 22.5 Å². The Morgan fingerprint density at radius 1 is 1.37 bits per heavy atom. The van der Waals surface area contributed by atoms with Gasteiger partial charge in [0.1, 0.15) is 0 Å². The van der Waals surface area contributed by atoms with Crippen molar-refractivity contribution < 1.29 is 13.2 Å². The van der Waals surface area contributed by atoms with Crippen LogP contribution in [0.2, 0.25) is 0 Å². The lowest BCUT2D eigenvalue weighted by atomic mass is 10.3. The lowest BCUT2D eigenvalue weighted by Crippen LogP contribution is -2.12. The van der Waals surface area contributed by atoms with Crippen molar-refractivity contribution in [2.24, 2.45) is 0 Å². The molecule has 0 atom stereocenters. The van der Waals surface area contributed by atoms with Crippen LogP contribution in [-0.4, -0.2) is 32.4 Å². The lowest BCUT2D eigenvalue weighted by Gasteiger charge is -2.01. The van der Waals surface area contributed by atoms with Gasteiger partial charge in [-0.3, -0.25) is 0 Å². The lowest BCUT2D eigenvalue weighted by molar-refractivity contribution is 0.149. The summed E-state index contributed by atoms with van der Waals surface area (Å²) in [7, 11) is -3.37. The number of ether oxygens (including phenoxy) is 1. The van der Waals surface area contributed by atoms with Crippen molar-refractivity contribution in [2.45, 2.75) is 17.7 Å². The van der Waals surface area contributed by atoms with Crippen molar-refractivity contribution >= 4 is 37.1 Å². The molecule has 0 saturated heterocycles. The Balaban J connectivity index is 2.18. The van der Waals surface area contributed by atoms with Gasteiger partial charge in [-0.2, -0.15) is 0 Å². The van der Waals surface area contributed by atoms with Crippen molar-refractivity contribution in [3.05, 3.63) is 18.2 Å². The molecule has 2 aromatic rings. The number of aromatic nitrogens is 1. The molecule has 5 nitrogen and oxygen atoms in total. The van der Waals surface area contributed by atoms with Gasteiger partial charge in [0.25, 0.3) is 0 Å². The number of nitrogens with two attached hydrogens (primary N) is 1. The first-order chi connectivity index (χ1) is 9.03. The van der Waals surface area contributed by atoms with Crippen LogP contribution in [-0.2, 0) is 14.6 Å². The third kappa shape index (κ3) is 3.43. The fourth-order valence-corrected chi connectivity index (χ4v) is 4.08. The van der Waals surface area contributed by atoms with E-state index in [9.17, 15) is 8.42 Å². The first-order valence-corrected chi connectivity index (χ1v) is 8.46. The van der Waals surface area contributed by atoms with Crippen LogP contribution in [0.25, 0.3) is 10.2 Å². The van der Waals surface area contributed by atoms with Crippen LogP contribution >= 0.6 is 11.3 Å². The van der Waals surface area contributed by atoms with Crippen LogP contribution in [0.5, 0.6) is 0 Å². The maximum absolute atomic E-state index is 12.1. The Hall–Kier alpha value is -1.18. The number of hydrogen-bond acceptors (Lipinski definition) is 6. The molecule has 0 unspecified atom stereocenters. The van der Waals surface area contributed by atoms with Gasteiger partial charge in [-0.15, -0.1) is 11.3 Å². The maximum atomic E-state index is 12.1. The van der Waals surface area contributed by atoms with Crippen LogP contribution in [0.4, 0.5) is 5.69 Å². The van der Waals surface area contributed by atoms with Crippen molar-refractivity contribution in [3.8, 4) is 0 Å². The maximum Gasteiger partial charge on any atom is 0.210 e. The number of thiazole rings is 1. The Labute approximate surface area is 116 Å². The minimum atomic E-state index is -3.37. The molecule has 104 valence electrons. The summed E-state index contributed by atoms with van der Waals surface area (Å²) in [6.45, 7) is 2.76. The van der Waals surface area contributed by atoms with E-state index in [-0.39, 0.29) is 16.7 Å². The summed E-state index contributed by atoms with van der Waals surface area (Å²) in [5.41, 5.74) is 6.93. The Kier molecular flexibility index (Phi) is 4.38. The van der Waals surface area contributed by atoms with E-state index in [0.29, 0.717) is 17.8 Å². The first kappa shape index (κ1) is 14.2. The number of benzene rings is 1. The van der Waals surface area contributed by atoms with Gasteiger partial charge in [-0.05, 0) is 24.6 Å². The number of anilines is 1. The molecular formula is C12H16N2O3S2. The third-order valence-electron chi connectivity index (χ3n) is 2.50. The minimum Gasteiger partial charge on any atom is -0.399 e. The summed E-state index contributed by atoms with van der Waals surface area (Å²) >= 11 is 1.15. The summed E-state index contributed by atoms with van der Waals surface area (Å²) in [5.74, 6) is -0.0394. The second kappa shape index (κ2) is 5.85. The first-order valence-electron chi connectivity index (χ1n) is 5.99. The zero-order valence-corrected chi connectivity index (χ0v) is 12.3. The van der Waals surface area contributed by atoms with Gasteiger partial charge in [0, 0.05) is 12.3 Å². The Morgan fingerprint density at radius 2 is 2.16 bits per heavy atom. The standard InChI is InChI=1S/C12H16N2O3S2/c1-2-5-17-6-7-19(15,16)12-14-10-4-3-9(13)8-11(10)18-12/h3-4,8H,2,5-7,13H2,1H3. The van der Waals surface area contributed by atoms with Crippen molar-refractivity contribution in [1.82, 2.24) is 4.98 Å². The second-order valence-electron chi connectivity index (χ2n) is 4.14. The normalized spacial score (nSPS) is 12.1. The zero-order valence-electron chi connectivity index (χ0n) is 10.6. The molecule has 0 bridgehead atoms. The summed E-state index contributed by atoms with van der Waals surface area (Å²) in [6.07, 6.45) is 0.875. The molecule has 2 N–H and O–H groups in total. The molecule has 0 saturated carbocycles. The highest BCUT2D eigenvalue weighted by Crippen LogP contribution is 2.27. The molecule has 1 heterocycles. The van der Waals surface area contributed by atoms with Gasteiger partial charge >= 0.3 is 0 Å². The molecule has 0 amide bonds. The molecule has 1 aromatic heterocycles. The minimum absolute atomic E-state index is 0.0394. The zero-order chi connectivity index (χ0) is 13.9. The van der Waals surface area contributed by atoms with Crippen LogP contribution in [0, 0.1) is 0 Å². The smallest absolute Gasteiger partial charge is 0.210 e. The monoisotopic (exact) mass is 300 g/mol. The van der Waals surface area contributed by atoms with Gasteiger partial charge in [0.2, 0.25) is 14.2 Å². The summed E-state index contributed by atoms with van der Waals surface area (Å²) in [6, 6.07) is 5.18. The molecule has 7 heteroatoms. The van der Waals surface area contributed by atoms with Crippen molar-refractivity contribution in [1.29, 1.82) is 0 Å². The average Bonchev–Trinajstić information content (AvgIpc) is 2.78. The number of fused-ring (bicyclic) bond motifs is 1. The number of rotatable bonds is 6. The van der Waals surface area contributed by atoms with Gasteiger partial charge < -0.3 is 10.5 Å². The van der Waals surface area contributed by atoms with Gasteiger partial charge in [0.15, 0.2) is 0 Å². The van der Waals surface area contributed by atoms with E-state index >= 15 is 0 Å². The summed E-state index contributed by atoms with van der Waals surface area (Å²) < 4.78 is 30.3. The fraction of sp³-hybridized carbons (Fsp3) is 0.417. The predicted molar refractivity (Wildman–Crippen MR) is 77.2 cm³/mol. The molecule has 0 aliphatic heterocycles. The molecule has 19 heavy (non-hydrogen) atoms. The van der Waals surface area contributed by atoms with Gasteiger partial charge in [-0.1, -0.05) is 6.92 Å². The number of nitrogen functional groups attached to an aromatic ring is 1. The SMILES string of the molecule is CCCOCCS(=O)(=O)c1nc2ccc(N)cc2s1. The molecule has 0 fully saturated rings. The highest BCUT2D eigenvalue weighted by Gasteiger charge is 2.19. The van der Waals surface area contributed by atoms with Crippen LogP contribution < -0.4 is 5.73 Å². The molecule has 2 rings (SSSR count). The van der Waals surface area contributed by atoms with E-state index < -0.39 is 9.84 Å². The number of nitrogens with zero attached hydrogens (tertiary/aromatic N) is 1. The van der Waals surface area contributed by atoms with E-state index in [2.05, 4.69) is 4.98 Å². The van der Waals surface area contributed by atoms with Gasteiger partial charge in [-0.25, -0.2) is 13.4 Å². The second-order valence-corrected chi connectivity index (χ2v) is 7.45. The van der Waals surface area contributed by atoms with E-state index in [0.717, 1.165) is 22.5 Å². The fourth-order valence-electron chi connectivity index (χ4n) is 1.56. The largest absolute Gasteiger partial charge is 0.399 e. The molecule has 0 radical (unpaired) electrons. The van der Waals surface area contributed by atoms with Crippen molar-refractivity contribution in [2.75, 3.05) is 24.7 Å². The highest BCUT2D eigenvalue weighted by atomic mass is 32.2. The summed E-state index contributed by atoms with van der Waals surface area (Å²) in [5, 5.41) is 0. The molecular weight excluding hydrogens is 284 g/mol. The third-order valence-corrected chi connectivity index (χ3v) is 5.66. The topological polar surface area (TPSA) is 82.3 Å². The molecule has 0 spiro atoms. The Morgan fingerprint density at radius 3 is 2.89 bits per heavy atom. The van der Waals surface area contributed by atoms with E-state index in [1.165, 1.54) is 0 Å². The van der Waals surface area contributed by atoms with Crippen LogP contribution in [0.3, 0.4) is 0 Å².